The molecule has 7 aromatic rings. The predicted molar refractivity (Wildman–Crippen MR) is 191 cm³/mol. The van der Waals surface area contributed by atoms with Gasteiger partial charge in [-0.25, -0.2) is 0 Å². The minimum atomic E-state index is 0.755. The van der Waals surface area contributed by atoms with E-state index in [1.807, 2.05) is 12.1 Å². The Kier molecular flexibility index (Phi) is 7.67. The average molecular weight is 629 g/mol. The summed E-state index contributed by atoms with van der Waals surface area (Å²) in [4.78, 5) is 0. The van der Waals surface area contributed by atoms with Crippen LogP contribution in [0.2, 0.25) is 0 Å². The number of halogens is 1. The summed E-state index contributed by atoms with van der Waals surface area (Å²) in [6.07, 6.45) is 0. The van der Waals surface area contributed by atoms with Crippen LogP contribution in [0.1, 0.15) is 0 Å². The predicted octanol–water partition coefficient (Wildman–Crippen LogP) is 12.0. The molecule has 0 amide bonds. The average Bonchev–Trinajstić information content (AvgIpc) is 3.10. The third-order valence-corrected chi connectivity index (χ3v) is 8.96. The lowest BCUT2D eigenvalue weighted by Gasteiger charge is -2.24. The molecule has 1 nitrogen and oxygen atoms in total. The highest BCUT2D eigenvalue weighted by molar-refractivity contribution is 9.10. The first kappa shape index (κ1) is 27.6. The van der Waals surface area contributed by atoms with Crippen LogP contribution in [0.5, 0.6) is 0 Å². The molecule has 210 valence electrons. The van der Waals surface area contributed by atoms with Crippen molar-refractivity contribution in [2.75, 3.05) is 5.73 Å². The Morgan fingerprint density at radius 2 is 0.500 bits per heavy atom. The molecule has 0 radical (unpaired) electrons. The van der Waals surface area contributed by atoms with Crippen LogP contribution < -0.4 is 5.73 Å². The van der Waals surface area contributed by atoms with Gasteiger partial charge in [-0.2, -0.15) is 0 Å². The number of nitrogen functional groups attached to an aromatic ring is 1. The molecule has 0 heterocycles. The Balaban J connectivity index is 1.49. The molecule has 0 unspecified atom stereocenters. The molecule has 0 saturated heterocycles. The van der Waals surface area contributed by atoms with E-state index in [1.165, 1.54) is 22.3 Å². The summed E-state index contributed by atoms with van der Waals surface area (Å²) >= 11 is 4.13. The van der Waals surface area contributed by atoms with E-state index in [9.17, 15) is 0 Å². The van der Waals surface area contributed by atoms with Gasteiger partial charge in [-0.05, 0) is 60.4 Å². The van der Waals surface area contributed by atoms with E-state index >= 15 is 0 Å². The molecule has 0 aliphatic rings. The van der Waals surface area contributed by atoms with Crippen LogP contribution in [0.15, 0.2) is 174 Å². The van der Waals surface area contributed by atoms with E-state index in [4.69, 9.17) is 5.73 Å². The van der Waals surface area contributed by atoms with Gasteiger partial charge in [-0.1, -0.05) is 170 Å². The Labute approximate surface area is 267 Å². The van der Waals surface area contributed by atoms with Gasteiger partial charge in [0.05, 0.1) is 0 Å². The fraction of sp³-hybridized carbons (Fsp3) is 0. The van der Waals surface area contributed by atoms with Crippen LogP contribution in [0.25, 0.3) is 66.8 Å². The van der Waals surface area contributed by atoms with Crippen LogP contribution in [0, 0.1) is 0 Å². The molecule has 0 spiro atoms. The normalized spacial score (nSPS) is 10.9. The summed E-state index contributed by atoms with van der Waals surface area (Å²) in [6, 6.07) is 59.5. The van der Waals surface area contributed by atoms with Crippen molar-refractivity contribution in [3.63, 3.8) is 0 Å². The van der Waals surface area contributed by atoms with E-state index in [0.717, 1.165) is 54.7 Å². The van der Waals surface area contributed by atoms with Crippen molar-refractivity contribution in [1.82, 2.24) is 0 Å². The summed E-state index contributed by atoms with van der Waals surface area (Å²) in [5.74, 6) is 0. The second kappa shape index (κ2) is 12.2. The van der Waals surface area contributed by atoms with E-state index < -0.39 is 0 Å². The van der Waals surface area contributed by atoms with E-state index in [2.05, 4.69) is 174 Å². The van der Waals surface area contributed by atoms with Crippen molar-refractivity contribution in [1.29, 1.82) is 0 Å². The fourth-order valence-electron chi connectivity index (χ4n) is 6.01. The van der Waals surface area contributed by atoms with Crippen molar-refractivity contribution in [3.8, 4) is 66.8 Å². The van der Waals surface area contributed by atoms with Gasteiger partial charge >= 0.3 is 0 Å². The fourth-order valence-corrected chi connectivity index (χ4v) is 6.86. The molecule has 0 bridgehead atoms. The first-order chi connectivity index (χ1) is 21.7. The highest BCUT2D eigenvalue weighted by atomic mass is 79.9. The quantitative estimate of drug-likeness (QED) is 0.182. The van der Waals surface area contributed by atoms with Gasteiger partial charge in [-0.15, -0.1) is 0 Å². The lowest BCUT2D eigenvalue weighted by Crippen LogP contribution is -2.02. The summed E-state index contributed by atoms with van der Waals surface area (Å²) in [5, 5.41) is 0. The molecule has 2 N–H and O–H groups in total. The van der Waals surface area contributed by atoms with Crippen LogP contribution in [-0.4, -0.2) is 0 Å². The lowest BCUT2D eigenvalue weighted by atomic mass is 9.83. The maximum atomic E-state index is 7.37. The maximum absolute atomic E-state index is 7.37. The third-order valence-electron chi connectivity index (χ3n) is 8.16. The third kappa shape index (κ3) is 5.25. The molecule has 7 rings (SSSR count). The number of hydrogen-bond donors (Lipinski definition) is 1. The number of anilines is 1. The van der Waals surface area contributed by atoms with Gasteiger partial charge in [-0.3, -0.25) is 0 Å². The molecule has 0 atom stereocenters. The minimum Gasteiger partial charge on any atom is -0.398 e. The van der Waals surface area contributed by atoms with Gasteiger partial charge < -0.3 is 5.73 Å². The summed E-state index contributed by atoms with van der Waals surface area (Å²) < 4.78 is 1.02. The van der Waals surface area contributed by atoms with Crippen LogP contribution in [0.3, 0.4) is 0 Å². The zero-order chi connectivity index (χ0) is 29.9. The zero-order valence-corrected chi connectivity index (χ0v) is 25.7. The van der Waals surface area contributed by atoms with Crippen molar-refractivity contribution >= 4 is 21.6 Å². The molecule has 44 heavy (non-hydrogen) atoms. The Bertz CT molecular complexity index is 1870. The molecular formula is C42H30BrN. The van der Waals surface area contributed by atoms with Gasteiger partial charge in [0.2, 0.25) is 0 Å². The summed E-state index contributed by atoms with van der Waals surface area (Å²) in [5.41, 5.74) is 21.4. The lowest BCUT2D eigenvalue weighted by molar-refractivity contribution is 1.51. The summed E-state index contributed by atoms with van der Waals surface area (Å²) in [7, 11) is 0. The van der Waals surface area contributed by atoms with Gasteiger partial charge in [0, 0.05) is 32.4 Å². The second-order valence-corrected chi connectivity index (χ2v) is 11.6. The second-order valence-electron chi connectivity index (χ2n) is 10.8. The molecule has 0 aliphatic carbocycles. The standard InChI is InChI=1S/C42H30BrN/c43-41-37(33-17-9-3-10-18-33)39(35-25-21-31(22-26-35)29-13-5-1-6-14-29)42(44)40(38(41)34-19-11-4-12-20-34)36-27-23-32(24-28-36)30-15-7-2-8-16-30/h1-28H,44H2. The van der Waals surface area contributed by atoms with Crippen molar-refractivity contribution < 1.29 is 0 Å². The molecule has 7 aromatic carbocycles. The Hall–Kier alpha value is -5.18. The summed E-state index contributed by atoms with van der Waals surface area (Å²) in [6.45, 7) is 0. The van der Waals surface area contributed by atoms with Crippen LogP contribution >= 0.6 is 15.9 Å². The largest absolute Gasteiger partial charge is 0.398 e. The molecule has 0 saturated carbocycles. The zero-order valence-electron chi connectivity index (χ0n) is 24.1. The van der Waals surface area contributed by atoms with Crippen molar-refractivity contribution in [2.45, 2.75) is 0 Å². The monoisotopic (exact) mass is 627 g/mol. The first-order valence-electron chi connectivity index (χ1n) is 14.8. The molecule has 0 fully saturated rings. The van der Waals surface area contributed by atoms with Gasteiger partial charge in [0.25, 0.3) is 0 Å². The number of nitrogens with two attached hydrogens (primary N) is 1. The SMILES string of the molecule is Nc1c(-c2ccc(-c3ccccc3)cc2)c(-c2ccccc2)c(Br)c(-c2ccccc2)c1-c1ccc(-c2ccccc2)cc1. The number of rotatable bonds is 6. The van der Waals surface area contributed by atoms with Gasteiger partial charge in [0.15, 0.2) is 0 Å². The van der Waals surface area contributed by atoms with Crippen molar-refractivity contribution in [2.24, 2.45) is 0 Å². The number of hydrogen-bond acceptors (Lipinski definition) is 1. The van der Waals surface area contributed by atoms with Crippen LogP contribution in [0.4, 0.5) is 5.69 Å². The van der Waals surface area contributed by atoms with Crippen LogP contribution in [-0.2, 0) is 0 Å². The Morgan fingerprint density at radius 1 is 0.273 bits per heavy atom. The Morgan fingerprint density at radius 3 is 0.818 bits per heavy atom. The maximum Gasteiger partial charge on any atom is 0.0486 e. The molecular weight excluding hydrogens is 598 g/mol. The molecule has 2 heteroatoms. The first-order valence-corrected chi connectivity index (χ1v) is 15.6. The number of benzene rings is 7. The van der Waals surface area contributed by atoms with E-state index in [1.54, 1.807) is 0 Å². The molecule has 0 aromatic heterocycles. The van der Waals surface area contributed by atoms with Gasteiger partial charge in [0.1, 0.15) is 0 Å². The van der Waals surface area contributed by atoms with E-state index in [-0.39, 0.29) is 0 Å². The minimum absolute atomic E-state index is 0.755. The molecule has 0 aliphatic heterocycles. The highest BCUT2D eigenvalue weighted by Crippen LogP contribution is 2.52. The smallest absolute Gasteiger partial charge is 0.0486 e. The highest BCUT2D eigenvalue weighted by Gasteiger charge is 2.25. The topological polar surface area (TPSA) is 26.0 Å². The van der Waals surface area contributed by atoms with Crippen molar-refractivity contribution in [3.05, 3.63) is 174 Å². The van der Waals surface area contributed by atoms with E-state index in [0.29, 0.717) is 0 Å².